The Bertz CT molecular complexity index is 364. The molecular formula is C8H9F3N2O2S. The van der Waals surface area contributed by atoms with E-state index in [4.69, 9.17) is 0 Å². The normalized spacial score (nSPS) is 11.8. The smallest absolute Gasteiger partial charge is 0.339 e. The molecule has 90 valence electrons. The Kier molecular flexibility index (Phi) is 4.34. The molecule has 0 fully saturated rings. The van der Waals surface area contributed by atoms with Gasteiger partial charge in [0.2, 0.25) is 11.7 Å². The molecule has 0 N–H and O–H groups in total. The summed E-state index contributed by atoms with van der Waals surface area (Å²) in [6.45, 7) is 1.93. The maximum absolute atomic E-state index is 11.9. The van der Waals surface area contributed by atoms with Crippen LogP contribution in [0.3, 0.4) is 0 Å². The Hall–Kier alpha value is -1.05. The second-order valence-corrected chi connectivity index (χ2v) is 4.11. The fourth-order valence-corrected chi connectivity index (χ4v) is 1.36. The van der Waals surface area contributed by atoms with Crippen LogP contribution >= 0.6 is 11.8 Å². The first kappa shape index (κ1) is 13.0. The summed E-state index contributed by atoms with van der Waals surface area (Å²) in [7, 11) is 0. The number of hydrogen-bond acceptors (Lipinski definition) is 5. The zero-order valence-corrected chi connectivity index (χ0v) is 9.19. The molecule has 1 heterocycles. The van der Waals surface area contributed by atoms with Crippen molar-refractivity contribution in [1.29, 1.82) is 0 Å². The van der Waals surface area contributed by atoms with E-state index < -0.39 is 18.4 Å². The van der Waals surface area contributed by atoms with Gasteiger partial charge in [-0.05, 0) is 5.75 Å². The van der Waals surface area contributed by atoms with Crippen LogP contribution < -0.4 is 0 Å². The van der Waals surface area contributed by atoms with Gasteiger partial charge in [0.15, 0.2) is 5.82 Å². The molecule has 0 unspecified atom stereocenters. The van der Waals surface area contributed by atoms with Crippen LogP contribution in [0.1, 0.15) is 18.6 Å². The van der Waals surface area contributed by atoms with Crippen molar-refractivity contribution in [2.24, 2.45) is 0 Å². The molecule has 0 aliphatic heterocycles. The summed E-state index contributed by atoms with van der Waals surface area (Å²) in [5, 5.41) is 3.46. The monoisotopic (exact) mass is 254 g/mol. The Morgan fingerprint density at radius 3 is 2.75 bits per heavy atom. The molecule has 0 amide bonds. The van der Waals surface area contributed by atoms with E-state index in [1.165, 1.54) is 11.8 Å². The minimum atomic E-state index is -4.85. The Balaban J connectivity index is 2.55. The summed E-state index contributed by atoms with van der Waals surface area (Å²) in [6.07, 6.45) is -5.75. The highest BCUT2D eigenvalue weighted by Crippen LogP contribution is 2.18. The van der Waals surface area contributed by atoms with E-state index in [-0.39, 0.29) is 5.89 Å². The van der Waals surface area contributed by atoms with E-state index in [9.17, 15) is 18.0 Å². The lowest BCUT2D eigenvalue weighted by Crippen LogP contribution is -2.24. The van der Waals surface area contributed by atoms with Crippen LogP contribution in [-0.2, 0) is 17.0 Å². The van der Waals surface area contributed by atoms with Gasteiger partial charge in [-0.3, -0.25) is 4.79 Å². The third-order valence-electron chi connectivity index (χ3n) is 1.57. The Morgan fingerprint density at radius 2 is 2.19 bits per heavy atom. The van der Waals surface area contributed by atoms with E-state index in [2.05, 4.69) is 14.7 Å². The van der Waals surface area contributed by atoms with Gasteiger partial charge in [-0.1, -0.05) is 12.1 Å². The number of hydrogen-bond donors (Lipinski definition) is 0. The van der Waals surface area contributed by atoms with Crippen LogP contribution in [0.4, 0.5) is 13.2 Å². The van der Waals surface area contributed by atoms with Gasteiger partial charge in [0.25, 0.3) is 0 Å². The average Bonchev–Trinajstić information content (AvgIpc) is 2.61. The second kappa shape index (κ2) is 5.33. The molecule has 0 aliphatic carbocycles. The van der Waals surface area contributed by atoms with Gasteiger partial charge in [0, 0.05) is 0 Å². The van der Waals surface area contributed by atoms with Crippen LogP contribution in [0.15, 0.2) is 4.52 Å². The highest BCUT2D eigenvalue weighted by Gasteiger charge is 2.39. The van der Waals surface area contributed by atoms with Crippen molar-refractivity contribution >= 4 is 17.5 Å². The topological polar surface area (TPSA) is 56.0 Å². The van der Waals surface area contributed by atoms with Gasteiger partial charge in [0.05, 0.1) is 12.2 Å². The average molecular weight is 254 g/mol. The SMILES string of the molecule is CCSCc1noc(CC(=O)C(F)(F)F)n1. The minimum absolute atomic E-state index is 0.297. The molecule has 16 heavy (non-hydrogen) atoms. The van der Waals surface area contributed by atoms with Crippen molar-refractivity contribution in [3.8, 4) is 0 Å². The lowest BCUT2D eigenvalue weighted by molar-refractivity contribution is -0.170. The predicted octanol–water partition coefficient (Wildman–Crippen LogP) is 2.00. The number of thioether (sulfide) groups is 1. The molecule has 4 nitrogen and oxygen atoms in total. The van der Waals surface area contributed by atoms with Crippen LogP contribution in [0, 0.1) is 0 Å². The number of rotatable bonds is 5. The first-order valence-corrected chi connectivity index (χ1v) is 5.58. The molecule has 0 aromatic carbocycles. The van der Waals surface area contributed by atoms with Gasteiger partial charge >= 0.3 is 6.18 Å². The molecule has 0 atom stereocenters. The summed E-state index contributed by atoms with van der Waals surface area (Å²) in [6, 6.07) is 0. The fraction of sp³-hybridized carbons (Fsp3) is 0.625. The van der Waals surface area contributed by atoms with Crippen LogP contribution in [0.2, 0.25) is 0 Å². The predicted molar refractivity (Wildman–Crippen MR) is 50.9 cm³/mol. The summed E-state index contributed by atoms with van der Waals surface area (Å²) in [5.41, 5.74) is 0. The number of nitrogens with zero attached hydrogens (tertiary/aromatic N) is 2. The zero-order chi connectivity index (χ0) is 12.2. The number of aromatic nitrogens is 2. The second-order valence-electron chi connectivity index (χ2n) is 2.84. The van der Waals surface area contributed by atoms with Crippen LogP contribution in [-0.4, -0.2) is 27.9 Å². The molecule has 1 rings (SSSR count). The number of carbonyl (C=O) groups is 1. The van der Waals surface area contributed by atoms with Crippen molar-refractivity contribution in [2.45, 2.75) is 25.3 Å². The lowest BCUT2D eigenvalue weighted by atomic mass is 10.3. The molecule has 0 aliphatic rings. The van der Waals surface area contributed by atoms with Crippen LogP contribution in [0.25, 0.3) is 0 Å². The minimum Gasteiger partial charge on any atom is -0.339 e. The van der Waals surface area contributed by atoms with Gasteiger partial charge in [0.1, 0.15) is 0 Å². The van der Waals surface area contributed by atoms with E-state index in [0.29, 0.717) is 11.6 Å². The van der Waals surface area contributed by atoms with Crippen molar-refractivity contribution in [1.82, 2.24) is 10.1 Å². The first-order valence-electron chi connectivity index (χ1n) is 4.42. The molecule has 8 heteroatoms. The molecule has 0 saturated heterocycles. The highest BCUT2D eigenvalue weighted by molar-refractivity contribution is 7.98. The van der Waals surface area contributed by atoms with Crippen molar-refractivity contribution in [3.05, 3.63) is 11.7 Å². The third-order valence-corrected chi connectivity index (χ3v) is 2.44. The number of alkyl halides is 3. The van der Waals surface area contributed by atoms with Gasteiger partial charge in [-0.2, -0.15) is 29.9 Å². The quantitative estimate of drug-likeness (QED) is 0.804. The van der Waals surface area contributed by atoms with Crippen molar-refractivity contribution < 1.29 is 22.5 Å². The summed E-state index contributed by atoms with van der Waals surface area (Å²) >= 11 is 1.51. The maximum Gasteiger partial charge on any atom is 0.450 e. The molecule has 0 bridgehead atoms. The maximum atomic E-state index is 11.9. The fourth-order valence-electron chi connectivity index (χ4n) is 0.851. The molecular weight excluding hydrogens is 245 g/mol. The molecule has 1 aromatic heterocycles. The standard InChI is InChI=1S/C8H9F3N2O2S/c1-2-16-4-6-12-7(15-13-6)3-5(14)8(9,10)11/h2-4H2,1H3. The van der Waals surface area contributed by atoms with Crippen molar-refractivity contribution in [3.63, 3.8) is 0 Å². The molecule has 1 aromatic rings. The third kappa shape index (κ3) is 3.84. The Morgan fingerprint density at radius 1 is 1.50 bits per heavy atom. The van der Waals surface area contributed by atoms with Gasteiger partial charge in [-0.25, -0.2) is 0 Å². The lowest BCUT2D eigenvalue weighted by Gasteiger charge is -2.00. The van der Waals surface area contributed by atoms with Crippen molar-refractivity contribution in [2.75, 3.05) is 5.75 Å². The van der Waals surface area contributed by atoms with E-state index in [1.54, 1.807) is 0 Å². The summed E-state index contributed by atoms with van der Waals surface area (Å²) in [5.74, 6) is -0.581. The number of halogens is 3. The number of carbonyl (C=O) groups excluding carboxylic acids is 1. The van der Waals surface area contributed by atoms with Crippen LogP contribution in [0.5, 0.6) is 0 Å². The Labute approximate surface area is 93.6 Å². The molecule has 0 spiro atoms. The van der Waals surface area contributed by atoms with E-state index >= 15 is 0 Å². The molecule has 0 radical (unpaired) electrons. The van der Waals surface area contributed by atoms with E-state index in [0.717, 1.165) is 5.75 Å². The summed E-state index contributed by atoms with van der Waals surface area (Å²) < 4.78 is 40.2. The van der Waals surface area contributed by atoms with Gasteiger partial charge in [-0.15, -0.1) is 0 Å². The summed E-state index contributed by atoms with van der Waals surface area (Å²) in [4.78, 5) is 14.3. The highest BCUT2D eigenvalue weighted by atomic mass is 32.2. The zero-order valence-electron chi connectivity index (χ0n) is 8.37. The first-order chi connectivity index (χ1) is 7.43. The molecule has 0 saturated carbocycles. The van der Waals surface area contributed by atoms with Gasteiger partial charge < -0.3 is 4.52 Å². The number of Topliss-reactive ketones (excluding diaryl/α,β-unsaturated/α-hetero) is 1. The largest absolute Gasteiger partial charge is 0.450 e. The van der Waals surface area contributed by atoms with E-state index in [1.807, 2.05) is 6.92 Å². The number of ketones is 1.